The third-order valence-corrected chi connectivity index (χ3v) is 2.16. The quantitative estimate of drug-likeness (QED) is 0.719. The second kappa shape index (κ2) is 4.65. The maximum Gasteiger partial charge on any atom is 0.430 e. The molecule has 0 saturated carbocycles. The van der Waals surface area contributed by atoms with Crippen LogP contribution < -0.4 is 0 Å². The fourth-order valence-electron chi connectivity index (χ4n) is 1.38. The summed E-state index contributed by atoms with van der Waals surface area (Å²) in [5, 5.41) is 5.33. The molecule has 0 bridgehead atoms. The van der Waals surface area contributed by atoms with Crippen molar-refractivity contribution in [3.05, 3.63) is 35.9 Å². The van der Waals surface area contributed by atoms with Gasteiger partial charge in [0.25, 0.3) is 0 Å². The van der Waals surface area contributed by atoms with Crippen LogP contribution in [0.15, 0.2) is 35.4 Å². The number of rotatable bonds is 1. The van der Waals surface area contributed by atoms with Crippen molar-refractivity contribution >= 4 is 12.0 Å². The molecule has 0 aliphatic carbocycles. The van der Waals surface area contributed by atoms with Crippen molar-refractivity contribution in [1.29, 1.82) is 0 Å². The molecular formula is C11H12N2O3. The minimum Gasteiger partial charge on any atom is -0.474 e. The molecule has 16 heavy (non-hydrogen) atoms. The fraction of sp³-hybridized carbons (Fsp3) is 0.273. The Morgan fingerprint density at radius 3 is 2.88 bits per heavy atom. The lowest BCUT2D eigenvalue weighted by molar-refractivity contribution is 0.104. The van der Waals surface area contributed by atoms with Crippen LogP contribution in [0.1, 0.15) is 5.56 Å². The second-order valence-corrected chi connectivity index (χ2v) is 3.21. The van der Waals surface area contributed by atoms with E-state index in [0.29, 0.717) is 19.0 Å². The lowest BCUT2D eigenvalue weighted by Gasteiger charge is -2.22. The van der Waals surface area contributed by atoms with E-state index in [-0.39, 0.29) is 0 Å². The summed E-state index contributed by atoms with van der Waals surface area (Å²) in [5.41, 5.74) is 0.844. The molecule has 0 fully saturated rings. The molecule has 84 valence electrons. The van der Waals surface area contributed by atoms with Crippen molar-refractivity contribution < 1.29 is 14.3 Å². The van der Waals surface area contributed by atoms with Gasteiger partial charge < -0.3 is 9.47 Å². The number of methoxy groups -OCH3 is 1. The van der Waals surface area contributed by atoms with Crippen LogP contribution in [-0.4, -0.2) is 37.3 Å². The van der Waals surface area contributed by atoms with Crippen molar-refractivity contribution in [3.63, 3.8) is 0 Å². The van der Waals surface area contributed by atoms with Gasteiger partial charge in [-0.25, -0.2) is 4.79 Å². The Balaban J connectivity index is 2.22. The van der Waals surface area contributed by atoms with E-state index in [1.807, 2.05) is 30.3 Å². The monoisotopic (exact) mass is 220 g/mol. The van der Waals surface area contributed by atoms with E-state index in [4.69, 9.17) is 4.74 Å². The molecule has 5 heteroatoms. The minimum absolute atomic E-state index is 0.406. The zero-order valence-electron chi connectivity index (χ0n) is 8.92. The van der Waals surface area contributed by atoms with Crippen LogP contribution >= 0.6 is 0 Å². The predicted octanol–water partition coefficient (Wildman–Crippen LogP) is 1.45. The highest BCUT2D eigenvalue weighted by Crippen LogP contribution is 2.09. The SMILES string of the molecule is COC(=O)N1CCOC(c2ccccc2)=N1. The van der Waals surface area contributed by atoms with Crippen LogP contribution in [0.4, 0.5) is 4.79 Å². The molecule has 0 unspecified atom stereocenters. The van der Waals surface area contributed by atoms with Crippen molar-refractivity contribution in [2.24, 2.45) is 5.10 Å². The Morgan fingerprint density at radius 2 is 2.19 bits per heavy atom. The molecule has 0 N–H and O–H groups in total. The number of hydrogen-bond acceptors (Lipinski definition) is 4. The van der Waals surface area contributed by atoms with Crippen LogP contribution in [0.2, 0.25) is 0 Å². The zero-order chi connectivity index (χ0) is 11.4. The van der Waals surface area contributed by atoms with Gasteiger partial charge in [0.1, 0.15) is 6.61 Å². The van der Waals surface area contributed by atoms with E-state index >= 15 is 0 Å². The summed E-state index contributed by atoms with van der Waals surface area (Å²) < 4.78 is 9.99. The normalized spacial score (nSPS) is 15.1. The highest BCUT2D eigenvalue weighted by molar-refractivity contribution is 5.94. The van der Waals surface area contributed by atoms with Gasteiger partial charge in [0, 0.05) is 5.56 Å². The highest BCUT2D eigenvalue weighted by atomic mass is 16.6. The molecular weight excluding hydrogens is 208 g/mol. The first-order chi connectivity index (χ1) is 7.81. The molecule has 2 rings (SSSR count). The summed E-state index contributed by atoms with van der Waals surface area (Å²) in [5.74, 6) is 0.442. The van der Waals surface area contributed by atoms with Gasteiger partial charge in [-0.2, -0.15) is 5.01 Å². The van der Waals surface area contributed by atoms with Gasteiger partial charge in [0.05, 0.1) is 13.7 Å². The van der Waals surface area contributed by atoms with Gasteiger partial charge in [-0.3, -0.25) is 0 Å². The van der Waals surface area contributed by atoms with E-state index in [0.717, 1.165) is 5.56 Å². The van der Waals surface area contributed by atoms with Crippen LogP contribution in [0, 0.1) is 0 Å². The lowest BCUT2D eigenvalue weighted by atomic mass is 10.2. The third-order valence-electron chi connectivity index (χ3n) is 2.16. The van der Waals surface area contributed by atoms with Gasteiger partial charge in [-0.05, 0) is 12.1 Å². The maximum absolute atomic E-state index is 11.3. The standard InChI is InChI=1S/C11H12N2O3/c1-15-11(14)13-7-8-16-10(12-13)9-5-3-2-4-6-9/h2-6H,7-8H2,1H3. The molecule has 1 aliphatic rings. The number of ether oxygens (including phenoxy) is 2. The number of nitrogens with zero attached hydrogens (tertiary/aromatic N) is 2. The van der Waals surface area contributed by atoms with Crippen molar-refractivity contribution in [3.8, 4) is 0 Å². The first kappa shape index (κ1) is 10.5. The van der Waals surface area contributed by atoms with E-state index in [9.17, 15) is 4.79 Å². The lowest BCUT2D eigenvalue weighted by Crippen LogP contribution is -2.35. The molecule has 1 heterocycles. The van der Waals surface area contributed by atoms with Gasteiger partial charge in [0.15, 0.2) is 0 Å². The molecule has 0 spiro atoms. The second-order valence-electron chi connectivity index (χ2n) is 3.21. The topological polar surface area (TPSA) is 51.1 Å². The molecule has 1 aliphatic heterocycles. The Labute approximate surface area is 93.3 Å². The Bertz CT molecular complexity index is 403. The molecule has 1 amide bonds. The summed E-state index contributed by atoms with van der Waals surface area (Å²) in [7, 11) is 1.33. The summed E-state index contributed by atoms with van der Waals surface area (Å²) in [4.78, 5) is 11.3. The summed E-state index contributed by atoms with van der Waals surface area (Å²) in [6, 6.07) is 9.43. The van der Waals surface area contributed by atoms with E-state index in [2.05, 4.69) is 9.84 Å². The number of hydrazone groups is 1. The Morgan fingerprint density at radius 1 is 1.44 bits per heavy atom. The van der Waals surface area contributed by atoms with E-state index in [1.54, 1.807) is 0 Å². The molecule has 0 saturated heterocycles. The summed E-state index contributed by atoms with van der Waals surface area (Å²) in [6.45, 7) is 0.825. The fourth-order valence-corrected chi connectivity index (χ4v) is 1.38. The number of carbonyl (C=O) groups is 1. The van der Waals surface area contributed by atoms with Crippen molar-refractivity contribution in [1.82, 2.24) is 5.01 Å². The molecule has 1 aromatic carbocycles. The molecule has 0 radical (unpaired) electrons. The first-order valence-corrected chi connectivity index (χ1v) is 4.93. The highest BCUT2D eigenvalue weighted by Gasteiger charge is 2.20. The van der Waals surface area contributed by atoms with E-state index < -0.39 is 6.09 Å². The molecule has 0 atom stereocenters. The number of benzene rings is 1. The Hall–Kier alpha value is -2.04. The van der Waals surface area contributed by atoms with Gasteiger partial charge >= 0.3 is 6.09 Å². The molecule has 0 aromatic heterocycles. The number of carbonyl (C=O) groups excluding carboxylic acids is 1. The van der Waals surface area contributed by atoms with Crippen molar-refractivity contribution in [2.75, 3.05) is 20.3 Å². The van der Waals surface area contributed by atoms with Gasteiger partial charge in [-0.15, -0.1) is 5.10 Å². The average molecular weight is 220 g/mol. The van der Waals surface area contributed by atoms with Crippen LogP contribution in [0.5, 0.6) is 0 Å². The average Bonchev–Trinajstić information content (AvgIpc) is 2.39. The smallest absolute Gasteiger partial charge is 0.430 e. The van der Waals surface area contributed by atoms with Crippen molar-refractivity contribution in [2.45, 2.75) is 0 Å². The predicted molar refractivity (Wildman–Crippen MR) is 58.0 cm³/mol. The van der Waals surface area contributed by atoms with Gasteiger partial charge in [0.2, 0.25) is 5.90 Å². The summed E-state index contributed by atoms with van der Waals surface area (Å²) in [6.07, 6.45) is -0.475. The number of hydrogen-bond donors (Lipinski definition) is 0. The zero-order valence-corrected chi connectivity index (χ0v) is 8.92. The third kappa shape index (κ3) is 2.13. The Kier molecular flexibility index (Phi) is 3.05. The van der Waals surface area contributed by atoms with E-state index in [1.165, 1.54) is 12.1 Å². The van der Waals surface area contributed by atoms with Gasteiger partial charge in [-0.1, -0.05) is 18.2 Å². The van der Waals surface area contributed by atoms with Crippen LogP contribution in [0.25, 0.3) is 0 Å². The molecule has 5 nitrogen and oxygen atoms in total. The largest absolute Gasteiger partial charge is 0.474 e. The van der Waals surface area contributed by atoms with Crippen LogP contribution in [-0.2, 0) is 9.47 Å². The minimum atomic E-state index is -0.475. The molecule has 1 aromatic rings. The maximum atomic E-state index is 11.3. The van der Waals surface area contributed by atoms with Crippen LogP contribution in [0.3, 0.4) is 0 Å². The first-order valence-electron chi connectivity index (χ1n) is 4.93. The summed E-state index contributed by atoms with van der Waals surface area (Å²) >= 11 is 0. The number of amides is 1.